The topological polar surface area (TPSA) is 118 Å². The highest BCUT2D eigenvalue weighted by Gasteiger charge is 2.25. The number of aldehydes is 2. The smallest absolute Gasteiger partial charge is 0.269 e. The van der Waals surface area contributed by atoms with Crippen LogP contribution in [-0.4, -0.2) is 27.7 Å². The Morgan fingerprint density at radius 2 is 1.36 bits per heavy atom. The maximum Gasteiger partial charge on any atom is 0.269 e. The van der Waals surface area contributed by atoms with Crippen LogP contribution >= 0.6 is 0 Å². The Balaban J connectivity index is 2.32. The number of aromatic hydroxyl groups is 2. The molecule has 0 bridgehead atoms. The van der Waals surface area contributed by atoms with Crippen LogP contribution in [0.1, 0.15) is 43.3 Å². The van der Waals surface area contributed by atoms with Gasteiger partial charge in [-0.15, -0.1) is 0 Å². The number of nitrogens with zero attached hydrogens (tertiary/aromatic N) is 1. The SMILES string of the molecule is O=Cc1ccc(O)c(C(c2cccc([N+](=O)[O-])c2)c2cc(C=O)ccc2O)c1. The van der Waals surface area contributed by atoms with Gasteiger partial charge in [-0.3, -0.25) is 19.7 Å². The Kier molecular flexibility index (Phi) is 5.17. The maximum atomic E-state index is 11.2. The van der Waals surface area contributed by atoms with Gasteiger partial charge >= 0.3 is 0 Å². The van der Waals surface area contributed by atoms with Gasteiger partial charge in [-0.25, -0.2) is 0 Å². The molecule has 7 heteroatoms. The zero-order valence-electron chi connectivity index (χ0n) is 14.5. The fraction of sp³-hybridized carbons (Fsp3) is 0.0476. The first kappa shape index (κ1) is 18.8. The minimum atomic E-state index is -0.847. The number of phenolic OH excluding ortho intramolecular Hbond substituents is 2. The molecule has 0 amide bonds. The Bertz CT molecular complexity index is 1020. The molecular weight excluding hydrogens is 362 g/mol. The van der Waals surface area contributed by atoms with Crippen LogP contribution in [0, 0.1) is 10.1 Å². The highest BCUT2D eigenvalue weighted by molar-refractivity contribution is 5.77. The third-order valence-electron chi connectivity index (χ3n) is 4.41. The van der Waals surface area contributed by atoms with E-state index in [2.05, 4.69) is 0 Å². The average molecular weight is 377 g/mol. The quantitative estimate of drug-likeness (QED) is 0.292. The van der Waals surface area contributed by atoms with Crippen LogP contribution in [0.3, 0.4) is 0 Å². The molecule has 3 aromatic rings. The van der Waals surface area contributed by atoms with Gasteiger partial charge in [-0.2, -0.15) is 0 Å². The van der Waals surface area contributed by atoms with Crippen molar-refractivity contribution in [2.45, 2.75) is 5.92 Å². The Labute approximate surface area is 159 Å². The summed E-state index contributed by atoms with van der Waals surface area (Å²) in [5.41, 5.74) is 1.35. The van der Waals surface area contributed by atoms with Gasteiger partial charge in [0.1, 0.15) is 24.1 Å². The van der Waals surface area contributed by atoms with E-state index in [1.807, 2.05) is 0 Å². The zero-order chi connectivity index (χ0) is 20.3. The van der Waals surface area contributed by atoms with Crippen molar-refractivity contribution < 1.29 is 24.7 Å². The van der Waals surface area contributed by atoms with Crippen molar-refractivity contribution in [1.29, 1.82) is 0 Å². The maximum absolute atomic E-state index is 11.2. The number of carbonyl (C=O) groups is 2. The molecule has 7 nitrogen and oxygen atoms in total. The third kappa shape index (κ3) is 3.59. The Morgan fingerprint density at radius 3 is 1.82 bits per heavy atom. The molecule has 0 spiro atoms. The molecule has 0 aliphatic rings. The first-order chi connectivity index (χ1) is 13.4. The summed E-state index contributed by atoms with van der Waals surface area (Å²) in [5.74, 6) is -1.16. The second kappa shape index (κ2) is 7.71. The van der Waals surface area contributed by atoms with Crippen LogP contribution in [0.25, 0.3) is 0 Å². The van der Waals surface area contributed by atoms with Crippen molar-refractivity contribution in [1.82, 2.24) is 0 Å². The van der Waals surface area contributed by atoms with Crippen molar-refractivity contribution in [3.8, 4) is 11.5 Å². The summed E-state index contributed by atoms with van der Waals surface area (Å²) in [5, 5.41) is 32.0. The van der Waals surface area contributed by atoms with E-state index in [1.165, 1.54) is 54.6 Å². The predicted molar refractivity (Wildman–Crippen MR) is 101 cm³/mol. The van der Waals surface area contributed by atoms with Crippen LogP contribution in [0.15, 0.2) is 60.7 Å². The van der Waals surface area contributed by atoms with E-state index in [-0.39, 0.29) is 39.4 Å². The monoisotopic (exact) mass is 377 g/mol. The van der Waals surface area contributed by atoms with E-state index < -0.39 is 10.8 Å². The number of non-ortho nitro benzene ring substituents is 1. The molecule has 0 atom stereocenters. The van der Waals surface area contributed by atoms with E-state index in [1.54, 1.807) is 6.07 Å². The number of benzene rings is 3. The Hall–Kier alpha value is -4.00. The summed E-state index contributed by atoms with van der Waals surface area (Å²) >= 11 is 0. The average Bonchev–Trinajstić information content (AvgIpc) is 2.71. The van der Waals surface area contributed by atoms with E-state index in [9.17, 15) is 29.9 Å². The molecule has 0 aromatic heterocycles. The Morgan fingerprint density at radius 1 is 0.821 bits per heavy atom. The predicted octanol–water partition coefficient (Wildman–Crippen LogP) is 3.81. The minimum absolute atomic E-state index is 0.155. The second-order valence-corrected chi connectivity index (χ2v) is 6.16. The minimum Gasteiger partial charge on any atom is -0.508 e. The third-order valence-corrected chi connectivity index (χ3v) is 4.41. The van der Waals surface area contributed by atoms with Gasteiger partial charge in [0.2, 0.25) is 0 Å². The number of carbonyl (C=O) groups excluding carboxylic acids is 2. The molecule has 28 heavy (non-hydrogen) atoms. The second-order valence-electron chi connectivity index (χ2n) is 6.16. The van der Waals surface area contributed by atoms with Crippen molar-refractivity contribution in [3.63, 3.8) is 0 Å². The van der Waals surface area contributed by atoms with Crippen LogP contribution in [0.2, 0.25) is 0 Å². The standard InChI is InChI=1S/C21H15NO6/c23-11-13-4-6-19(25)17(8-13)21(15-2-1-3-16(10-15)22(27)28)18-9-14(12-24)5-7-20(18)26/h1-12,21,25-26H. The van der Waals surface area contributed by atoms with Crippen LogP contribution in [0.5, 0.6) is 11.5 Å². The molecule has 0 unspecified atom stereocenters. The summed E-state index contributed by atoms with van der Waals surface area (Å²) in [6.45, 7) is 0. The molecule has 0 aliphatic heterocycles. The van der Waals surface area contributed by atoms with Crippen LogP contribution in [-0.2, 0) is 0 Å². The summed E-state index contributed by atoms with van der Waals surface area (Å²) < 4.78 is 0. The summed E-state index contributed by atoms with van der Waals surface area (Å²) in [7, 11) is 0. The zero-order valence-corrected chi connectivity index (χ0v) is 14.5. The lowest BCUT2D eigenvalue weighted by molar-refractivity contribution is -0.384. The number of rotatable bonds is 6. The number of nitro groups is 1. The van der Waals surface area contributed by atoms with Gasteiger partial charge in [-0.05, 0) is 42.0 Å². The van der Waals surface area contributed by atoms with Gasteiger partial charge in [0.15, 0.2) is 0 Å². The van der Waals surface area contributed by atoms with Gasteiger partial charge in [-0.1, -0.05) is 12.1 Å². The molecule has 140 valence electrons. The van der Waals surface area contributed by atoms with E-state index >= 15 is 0 Å². The number of phenols is 2. The molecular formula is C21H15NO6. The van der Waals surface area contributed by atoms with E-state index in [4.69, 9.17) is 0 Å². The van der Waals surface area contributed by atoms with Crippen molar-refractivity contribution >= 4 is 18.3 Å². The van der Waals surface area contributed by atoms with Crippen LogP contribution < -0.4 is 0 Å². The largest absolute Gasteiger partial charge is 0.508 e. The fourth-order valence-electron chi connectivity index (χ4n) is 3.10. The van der Waals surface area contributed by atoms with Crippen LogP contribution in [0.4, 0.5) is 5.69 Å². The molecule has 0 saturated heterocycles. The fourth-order valence-corrected chi connectivity index (χ4v) is 3.10. The van der Waals surface area contributed by atoms with Crippen molar-refractivity contribution in [2.75, 3.05) is 0 Å². The summed E-state index contributed by atoms with van der Waals surface area (Å²) in [6.07, 6.45) is 1.21. The van der Waals surface area contributed by atoms with E-state index in [0.29, 0.717) is 18.1 Å². The van der Waals surface area contributed by atoms with Crippen molar-refractivity contribution in [2.24, 2.45) is 0 Å². The summed E-state index contributed by atoms with van der Waals surface area (Å²) in [4.78, 5) is 33.1. The lowest BCUT2D eigenvalue weighted by Gasteiger charge is -2.21. The molecule has 0 heterocycles. The first-order valence-corrected chi connectivity index (χ1v) is 8.25. The highest BCUT2D eigenvalue weighted by atomic mass is 16.6. The molecule has 3 rings (SSSR count). The first-order valence-electron chi connectivity index (χ1n) is 8.25. The van der Waals surface area contributed by atoms with Gasteiger partial charge in [0, 0.05) is 40.3 Å². The summed E-state index contributed by atoms with van der Waals surface area (Å²) in [6, 6.07) is 14.2. The highest BCUT2D eigenvalue weighted by Crippen LogP contribution is 2.41. The van der Waals surface area contributed by atoms with Gasteiger partial charge in [0.25, 0.3) is 5.69 Å². The van der Waals surface area contributed by atoms with Crippen molar-refractivity contribution in [3.05, 3.63) is 98.6 Å². The molecule has 0 saturated carbocycles. The molecule has 3 aromatic carbocycles. The molecule has 0 aliphatic carbocycles. The van der Waals surface area contributed by atoms with Gasteiger partial charge in [0.05, 0.1) is 4.92 Å². The number of nitro benzene ring substituents is 1. The lowest BCUT2D eigenvalue weighted by Crippen LogP contribution is -2.06. The molecule has 0 fully saturated rings. The normalized spacial score (nSPS) is 10.6. The van der Waals surface area contributed by atoms with Gasteiger partial charge < -0.3 is 10.2 Å². The number of hydrogen-bond donors (Lipinski definition) is 2. The lowest BCUT2D eigenvalue weighted by atomic mass is 9.83. The number of hydrogen-bond acceptors (Lipinski definition) is 6. The molecule has 0 radical (unpaired) electrons. The molecule has 2 N–H and O–H groups in total. The van der Waals surface area contributed by atoms with E-state index in [0.717, 1.165) is 0 Å².